The molecule has 0 saturated carbocycles. The van der Waals surface area contributed by atoms with Crippen LogP contribution in [0, 0.1) is 13.8 Å². The van der Waals surface area contributed by atoms with Gasteiger partial charge in [-0.1, -0.05) is 146 Å². The van der Waals surface area contributed by atoms with E-state index in [0.717, 1.165) is 5.69 Å². The van der Waals surface area contributed by atoms with Gasteiger partial charge in [-0.15, -0.1) is 11.3 Å². The number of rotatable bonds is 5. The molecular weight excluding hydrogens is 695 g/mol. The van der Waals surface area contributed by atoms with Crippen LogP contribution in [0.15, 0.2) is 188 Å². The van der Waals surface area contributed by atoms with Gasteiger partial charge in [-0.3, -0.25) is 0 Å². The zero-order valence-electron chi connectivity index (χ0n) is 31.3. The van der Waals surface area contributed by atoms with Gasteiger partial charge >= 0.3 is 0 Å². The van der Waals surface area contributed by atoms with Crippen LogP contribution in [0.2, 0.25) is 0 Å². The van der Waals surface area contributed by atoms with Crippen LogP contribution in [0.1, 0.15) is 11.1 Å². The summed E-state index contributed by atoms with van der Waals surface area (Å²) in [4.78, 5) is 2.47. The Bertz CT molecular complexity index is 3230. The van der Waals surface area contributed by atoms with Gasteiger partial charge in [-0.05, 0) is 127 Å². The second-order valence-corrected chi connectivity index (χ2v) is 16.0. The molecule has 56 heavy (non-hydrogen) atoms. The molecule has 0 bridgehead atoms. The predicted molar refractivity (Wildman–Crippen MR) is 244 cm³/mol. The number of nitrogens with zero attached hydrogens (tertiary/aromatic N) is 1. The summed E-state index contributed by atoms with van der Waals surface area (Å²) in [5.74, 6) is 0. The molecule has 0 aliphatic heterocycles. The van der Waals surface area contributed by atoms with Gasteiger partial charge in [-0.2, -0.15) is 0 Å². The predicted octanol–water partition coefficient (Wildman–Crippen LogP) is 16.1. The molecule has 0 atom stereocenters. The summed E-state index contributed by atoms with van der Waals surface area (Å²) in [5.41, 5.74) is 10.8. The van der Waals surface area contributed by atoms with Crippen molar-refractivity contribution in [2.24, 2.45) is 0 Å². The summed E-state index contributed by atoms with van der Waals surface area (Å²) in [6, 6.07) is 69.4. The Morgan fingerprint density at radius 1 is 0.357 bits per heavy atom. The van der Waals surface area contributed by atoms with Crippen molar-refractivity contribution in [2.45, 2.75) is 13.8 Å². The summed E-state index contributed by atoms with van der Waals surface area (Å²) in [6.07, 6.45) is 0. The molecule has 0 fully saturated rings. The van der Waals surface area contributed by atoms with Crippen LogP contribution < -0.4 is 4.90 Å². The number of anilines is 3. The molecule has 0 spiro atoms. The molecule has 0 amide bonds. The number of benzene rings is 10. The van der Waals surface area contributed by atoms with E-state index in [0.29, 0.717) is 0 Å². The molecule has 0 saturated heterocycles. The molecule has 1 aromatic heterocycles. The Labute approximate surface area is 330 Å². The van der Waals surface area contributed by atoms with E-state index < -0.39 is 0 Å². The number of hydrogen-bond acceptors (Lipinski definition) is 2. The first-order valence-electron chi connectivity index (χ1n) is 19.3. The zero-order chi connectivity index (χ0) is 37.3. The third-order valence-electron chi connectivity index (χ3n) is 11.7. The first-order valence-corrected chi connectivity index (χ1v) is 20.2. The highest BCUT2D eigenvalue weighted by Gasteiger charge is 2.21. The van der Waals surface area contributed by atoms with Crippen LogP contribution in [0.4, 0.5) is 17.1 Å². The molecule has 264 valence electrons. The van der Waals surface area contributed by atoms with Gasteiger partial charge in [0.25, 0.3) is 0 Å². The van der Waals surface area contributed by atoms with Gasteiger partial charge in [0.1, 0.15) is 0 Å². The van der Waals surface area contributed by atoms with Crippen LogP contribution in [-0.4, -0.2) is 0 Å². The maximum atomic E-state index is 2.47. The molecule has 10 aromatic carbocycles. The van der Waals surface area contributed by atoms with Crippen LogP contribution in [0.5, 0.6) is 0 Å². The highest BCUT2D eigenvalue weighted by molar-refractivity contribution is 7.27. The van der Waals surface area contributed by atoms with Gasteiger partial charge < -0.3 is 4.90 Å². The summed E-state index contributed by atoms with van der Waals surface area (Å²) in [5, 5.41) is 13.1. The first kappa shape index (κ1) is 32.7. The Kier molecular flexibility index (Phi) is 7.55. The van der Waals surface area contributed by atoms with Crippen molar-refractivity contribution in [2.75, 3.05) is 4.90 Å². The fraction of sp³-hybridized carbons (Fsp3) is 0.0370. The average Bonchev–Trinajstić information content (AvgIpc) is 3.65. The fourth-order valence-corrected chi connectivity index (χ4v) is 10.3. The van der Waals surface area contributed by atoms with E-state index in [-0.39, 0.29) is 0 Å². The van der Waals surface area contributed by atoms with E-state index in [2.05, 4.69) is 207 Å². The minimum absolute atomic E-state index is 1.14. The van der Waals surface area contributed by atoms with Crippen molar-refractivity contribution in [1.29, 1.82) is 0 Å². The summed E-state index contributed by atoms with van der Waals surface area (Å²) >= 11 is 1.93. The Hall–Kier alpha value is -6.74. The highest BCUT2D eigenvalue weighted by Crippen LogP contribution is 2.48. The topological polar surface area (TPSA) is 3.24 Å². The number of hydrogen-bond donors (Lipinski definition) is 0. The lowest BCUT2D eigenvalue weighted by Crippen LogP contribution is -2.13. The van der Waals surface area contributed by atoms with Crippen LogP contribution >= 0.6 is 11.3 Å². The van der Waals surface area contributed by atoms with Gasteiger partial charge in [0.15, 0.2) is 0 Å². The lowest BCUT2D eigenvalue weighted by Gasteiger charge is -2.29. The maximum absolute atomic E-state index is 2.47. The van der Waals surface area contributed by atoms with Gasteiger partial charge in [0.05, 0.1) is 0 Å². The summed E-state index contributed by atoms with van der Waals surface area (Å²) in [7, 11) is 0. The molecule has 2 heteroatoms. The Morgan fingerprint density at radius 3 is 1.54 bits per heavy atom. The number of fused-ring (bicyclic) bond motifs is 12. The number of thiophene rings is 1. The molecule has 11 rings (SSSR count). The summed E-state index contributed by atoms with van der Waals surface area (Å²) < 4.78 is 2.69. The van der Waals surface area contributed by atoms with Crippen LogP contribution in [0.25, 0.3) is 85.5 Å². The molecule has 11 aromatic rings. The maximum Gasteiger partial charge on any atom is 0.0491 e. The average molecular weight is 732 g/mol. The van der Waals surface area contributed by atoms with Crippen molar-refractivity contribution in [3.05, 3.63) is 199 Å². The zero-order valence-corrected chi connectivity index (χ0v) is 32.1. The quantitative estimate of drug-likeness (QED) is 0.159. The molecular formula is C54H37NS. The van der Waals surface area contributed by atoms with Crippen molar-refractivity contribution >= 4 is 91.7 Å². The Morgan fingerprint density at radius 2 is 0.893 bits per heavy atom. The normalized spacial score (nSPS) is 11.8. The third-order valence-corrected chi connectivity index (χ3v) is 12.8. The molecule has 0 aliphatic rings. The molecule has 0 aliphatic carbocycles. The van der Waals surface area contributed by atoms with Gasteiger partial charge in [0, 0.05) is 42.6 Å². The fourth-order valence-electron chi connectivity index (χ4n) is 9.01. The van der Waals surface area contributed by atoms with E-state index in [1.165, 1.54) is 108 Å². The minimum Gasteiger partial charge on any atom is -0.310 e. The van der Waals surface area contributed by atoms with Crippen molar-refractivity contribution in [3.8, 4) is 22.3 Å². The standard InChI is InChI=1S/C54H37NS/c1-34-31-39(36-13-5-3-6-14-36)21-28-49(34)55(50-29-22-40(32-35(50)2)37-15-7-4-8-16-37)41-24-25-46-48(33-41)44-20-12-11-19-43(44)45-26-27-47-52-42-18-10-9-17-38(42)23-30-51(52)56-54(47)53(45)46/h3-33H,1-2H3. The van der Waals surface area contributed by atoms with Crippen LogP contribution in [0.3, 0.4) is 0 Å². The lowest BCUT2D eigenvalue weighted by atomic mass is 9.92. The van der Waals surface area contributed by atoms with Gasteiger partial charge in [0.2, 0.25) is 0 Å². The minimum atomic E-state index is 1.14. The monoisotopic (exact) mass is 731 g/mol. The molecule has 1 heterocycles. The molecule has 1 nitrogen and oxygen atoms in total. The van der Waals surface area contributed by atoms with E-state index in [1.807, 2.05) is 11.3 Å². The second-order valence-electron chi connectivity index (χ2n) is 15.0. The molecule has 0 radical (unpaired) electrons. The van der Waals surface area contributed by atoms with E-state index >= 15 is 0 Å². The summed E-state index contributed by atoms with van der Waals surface area (Å²) in [6.45, 7) is 4.49. The van der Waals surface area contributed by atoms with E-state index in [9.17, 15) is 0 Å². The molecule has 0 N–H and O–H groups in total. The van der Waals surface area contributed by atoms with Crippen molar-refractivity contribution < 1.29 is 0 Å². The van der Waals surface area contributed by atoms with Gasteiger partial charge in [-0.25, -0.2) is 0 Å². The SMILES string of the molecule is Cc1cc(-c2ccccc2)ccc1N(c1ccc2c(c1)c1ccccc1c1ccc3c(sc4ccc5ccccc5c43)c12)c1ccc(-c2ccccc2)cc1C. The Balaban J connectivity index is 1.17. The largest absolute Gasteiger partial charge is 0.310 e. The highest BCUT2D eigenvalue weighted by atomic mass is 32.1. The van der Waals surface area contributed by atoms with Crippen molar-refractivity contribution in [1.82, 2.24) is 0 Å². The number of aryl methyl sites for hydroxylation is 2. The second kappa shape index (κ2) is 12.9. The lowest BCUT2D eigenvalue weighted by molar-refractivity contribution is 1.23. The van der Waals surface area contributed by atoms with Crippen LogP contribution in [-0.2, 0) is 0 Å². The van der Waals surface area contributed by atoms with Crippen molar-refractivity contribution in [3.63, 3.8) is 0 Å². The third kappa shape index (κ3) is 5.14. The smallest absolute Gasteiger partial charge is 0.0491 e. The van der Waals surface area contributed by atoms with E-state index in [1.54, 1.807) is 0 Å². The van der Waals surface area contributed by atoms with E-state index in [4.69, 9.17) is 0 Å². The molecule has 0 unspecified atom stereocenters. The first-order chi connectivity index (χ1) is 27.6.